The Labute approximate surface area is 97.1 Å². The number of hydrogen-bond acceptors (Lipinski definition) is 4. The van der Waals surface area contributed by atoms with E-state index in [0.717, 1.165) is 5.56 Å². The highest BCUT2D eigenvalue weighted by Gasteiger charge is 2.08. The number of halogens is 1. The molecule has 1 heterocycles. The van der Waals surface area contributed by atoms with Gasteiger partial charge in [-0.1, -0.05) is 12.1 Å². The van der Waals surface area contributed by atoms with Crippen LogP contribution in [-0.4, -0.2) is 23.2 Å². The third-order valence-electron chi connectivity index (χ3n) is 2.02. The van der Waals surface area contributed by atoms with Gasteiger partial charge in [0.05, 0.1) is 11.4 Å². The second-order valence-electron chi connectivity index (χ2n) is 3.17. The van der Waals surface area contributed by atoms with Gasteiger partial charge < -0.3 is 0 Å². The van der Waals surface area contributed by atoms with Gasteiger partial charge in [-0.05, 0) is 17.7 Å². The van der Waals surface area contributed by atoms with Crippen molar-refractivity contribution in [3.05, 3.63) is 42.5 Å². The van der Waals surface area contributed by atoms with Crippen LogP contribution in [0, 0.1) is 0 Å². The molecule has 7 heteroatoms. The van der Waals surface area contributed by atoms with E-state index in [9.17, 15) is 8.42 Å². The molecule has 0 atom stereocenters. The number of benzene rings is 1. The Morgan fingerprint density at radius 2 is 1.94 bits per heavy atom. The monoisotopic (exact) mass is 257 g/mol. The van der Waals surface area contributed by atoms with Gasteiger partial charge in [0, 0.05) is 10.7 Å². The molecule has 2 rings (SSSR count). The van der Waals surface area contributed by atoms with Gasteiger partial charge in [-0.3, -0.25) is 0 Å². The lowest BCUT2D eigenvalue weighted by molar-refractivity contribution is 0.609. The molecule has 0 bridgehead atoms. The SMILES string of the molecule is O=S(=O)(Cl)c1ccc(Cn2cncn2)cc1. The molecule has 0 unspecified atom stereocenters. The third kappa shape index (κ3) is 2.59. The van der Waals surface area contributed by atoms with Crippen molar-refractivity contribution in [2.75, 3.05) is 0 Å². The average Bonchev–Trinajstić information content (AvgIpc) is 2.70. The predicted octanol–water partition coefficient (Wildman–Crippen LogP) is 1.25. The van der Waals surface area contributed by atoms with Crippen LogP contribution in [0.3, 0.4) is 0 Å². The molecule has 0 saturated carbocycles. The van der Waals surface area contributed by atoms with Gasteiger partial charge in [-0.2, -0.15) is 5.10 Å². The van der Waals surface area contributed by atoms with Crippen LogP contribution in [0.25, 0.3) is 0 Å². The number of hydrogen-bond donors (Lipinski definition) is 0. The van der Waals surface area contributed by atoms with Crippen LogP contribution < -0.4 is 0 Å². The van der Waals surface area contributed by atoms with Gasteiger partial charge in [0.25, 0.3) is 9.05 Å². The van der Waals surface area contributed by atoms with E-state index in [-0.39, 0.29) is 4.90 Å². The fraction of sp³-hybridized carbons (Fsp3) is 0.111. The van der Waals surface area contributed by atoms with E-state index < -0.39 is 9.05 Å². The van der Waals surface area contributed by atoms with Crippen molar-refractivity contribution in [1.82, 2.24) is 14.8 Å². The molecule has 0 aliphatic heterocycles. The normalized spacial score (nSPS) is 11.6. The van der Waals surface area contributed by atoms with Gasteiger partial charge in [0.1, 0.15) is 12.7 Å². The van der Waals surface area contributed by atoms with E-state index in [1.54, 1.807) is 23.1 Å². The summed E-state index contributed by atoms with van der Waals surface area (Å²) in [6.07, 6.45) is 3.03. The number of aromatic nitrogens is 3. The summed E-state index contributed by atoms with van der Waals surface area (Å²) in [5, 5.41) is 3.94. The van der Waals surface area contributed by atoms with Gasteiger partial charge in [-0.15, -0.1) is 0 Å². The Hall–Kier alpha value is -1.40. The maximum absolute atomic E-state index is 11.0. The second-order valence-corrected chi connectivity index (χ2v) is 5.74. The first-order valence-corrected chi connectivity index (χ1v) is 6.73. The molecule has 0 radical (unpaired) electrons. The molecular weight excluding hydrogens is 250 g/mol. The zero-order valence-corrected chi connectivity index (χ0v) is 9.69. The summed E-state index contributed by atoms with van der Waals surface area (Å²) in [6.45, 7) is 0.544. The molecule has 0 aliphatic carbocycles. The van der Waals surface area contributed by atoms with E-state index in [2.05, 4.69) is 10.1 Å². The van der Waals surface area contributed by atoms with Crippen LogP contribution in [0.2, 0.25) is 0 Å². The molecule has 2 aromatic rings. The summed E-state index contributed by atoms with van der Waals surface area (Å²) in [5.74, 6) is 0. The molecule has 0 aliphatic rings. The van der Waals surface area contributed by atoms with Crippen molar-refractivity contribution in [1.29, 1.82) is 0 Å². The quantitative estimate of drug-likeness (QED) is 0.777. The first-order chi connectivity index (χ1) is 7.55. The number of rotatable bonds is 3. The Balaban J connectivity index is 2.20. The number of nitrogens with zero attached hydrogens (tertiary/aromatic N) is 3. The van der Waals surface area contributed by atoms with E-state index in [0.29, 0.717) is 6.54 Å². The molecule has 0 fully saturated rings. The molecule has 0 amide bonds. The molecule has 0 spiro atoms. The minimum atomic E-state index is -3.64. The Kier molecular flexibility index (Phi) is 2.93. The van der Waals surface area contributed by atoms with Crippen molar-refractivity contribution >= 4 is 19.7 Å². The molecule has 5 nitrogen and oxygen atoms in total. The zero-order valence-electron chi connectivity index (χ0n) is 8.12. The van der Waals surface area contributed by atoms with Crippen molar-refractivity contribution in [2.24, 2.45) is 0 Å². The standard InChI is InChI=1S/C9H8ClN3O2S/c10-16(14,15)9-3-1-8(2-4-9)5-13-7-11-6-12-13/h1-4,6-7H,5H2. The van der Waals surface area contributed by atoms with Crippen LogP contribution >= 0.6 is 10.7 Å². The van der Waals surface area contributed by atoms with Gasteiger partial charge in [-0.25, -0.2) is 18.1 Å². The molecule has 0 saturated heterocycles. The Morgan fingerprint density at radius 3 is 2.44 bits per heavy atom. The van der Waals surface area contributed by atoms with Crippen LogP contribution in [-0.2, 0) is 15.6 Å². The van der Waals surface area contributed by atoms with Crippen molar-refractivity contribution in [3.63, 3.8) is 0 Å². The van der Waals surface area contributed by atoms with Gasteiger partial charge in [0.2, 0.25) is 0 Å². The summed E-state index contributed by atoms with van der Waals surface area (Å²) in [7, 11) is 1.55. The summed E-state index contributed by atoms with van der Waals surface area (Å²) in [6, 6.07) is 6.32. The first kappa shape index (κ1) is 11.1. The zero-order chi connectivity index (χ0) is 11.6. The Morgan fingerprint density at radius 1 is 1.25 bits per heavy atom. The molecule has 84 valence electrons. The molecular formula is C9H8ClN3O2S. The van der Waals surface area contributed by atoms with Crippen LogP contribution in [0.5, 0.6) is 0 Å². The van der Waals surface area contributed by atoms with E-state index >= 15 is 0 Å². The lowest BCUT2D eigenvalue weighted by atomic mass is 10.2. The summed E-state index contributed by atoms with van der Waals surface area (Å²) >= 11 is 0. The third-order valence-corrected chi connectivity index (χ3v) is 3.39. The molecule has 0 N–H and O–H groups in total. The Bertz CT molecular complexity index is 563. The van der Waals surface area contributed by atoms with Crippen LogP contribution in [0.1, 0.15) is 5.56 Å². The highest BCUT2D eigenvalue weighted by Crippen LogP contribution is 2.15. The average molecular weight is 258 g/mol. The van der Waals surface area contributed by atoms with Crippen LogP contribution in [0.15, 0.2) is 41.8 Å². The fourth-order valence-corrected chi connectivity index (χ4v) is 2.03. The summed E-state index contributed by atoms with van der Waals surface area (Å²) in [4.78, 5) is 3.90. The van der Waals surface area contributed by atoms with E-state index in [1.165, 1.54) is 18.5 Å². The van der Waals surface area contributed by atoms with Crippen molar-refractivity contribution in [3.8, 4) is 0 Å². The van der Waals surface area contributed by atoms with E-state index in [1.807, 2.05) is 0 Å². The van der Waals surface area contributed by atoms with E-state index in [4.69, 9.17) is 10.7 Å². The predicted molar refractivity (Wildman–Crippen MR) is 58.6 cm³/mol. The first-order valence-electron chi connectivity index (χ1n) is 4.42. The summed E-state index contributed by atoms with van der Waals surface area (Å²) < 4.78 is 23.6. The highest BCUT2D eigenvalue weighted by molar-refractivity contribution is 8.13. The van der Waals surface area contributed by atoms with Crippen LogP contribution in [0.4, 0.5) is 0 Å². The largest absolute Gasteiger partial charge is 0.261 e. The molecule has 1 aromatic heterocycles. The van der Waals surface area contributed by atoms with Crippen molar-refractivity contribution in [2.45, 2.75) is 11.4 Å². The maximum atomic E-state index is 11.0. The highest BCUT2D eigenvalue weighted by atomic mass is 35.7. The lowest BCUT2D eigenvalue weighted by Crippen LogP contribution is -2.00. The molecule has 1 aromatic carbocycles. The lowest BCUT2D eigenvalue weighted by Gasteiger charge is -2.01. The smallest absolute Gasteiger partial charge is 0.249 e. The minimum absolute atomic E-state index is 0.0940. The van der Waals surface area contributed by atoms with Gasteiger partial charge in [0.15, 0.2) is 0 Å². The minimum Gasteiger partial charge on any atom is -0.249 e. The fourth-order valence-electron chi connectivity index (χ4n) is 1.26. The molecule has 16 heavy (non-hydrogen) atoms. The topological polar surface area (TPSA) is 64.8 Å². The van der Waals surface area contributed by atoms with Gasteiger partial charge >= 0.3 is 0 Å². The maximum Gasteiger partial charge on any atom is 0.261 e. The second kappa shape index (κ2) is 4.23. The van der Waals surface area contributed by atoms with Crippen molar-refractivity contribution < 1.29 is 8.42 Å². The summed E-state index contributed by atoms with van der Waals surface area (Å²) in [5.41, 5.74) is 0.926.